The van der Waals surface area contributed by atoms with Gasteiger partial charge in [0.25, 0.3) is 5.56 Å². The average molecular weight is 423 g/mol. The van der Waals surface area contributed by atoms with Crippen LogP contribution in [0.4, 0.5) is 0 Å². The van der Waals surface area contributed by atoms with Gasteiger partial charge in [-0.05, 0) is 17.7 Å². The minimum atomic E-state index is -0.656. The zero-order chi connectivity index (χ0) is 20.9. The van der Waals surface area contributed by atoms with E-state index in [1.165, 1.54) is 11.8 Å². The van der Waals surface area contributed by atoms with Gasteiger partial charge in [0.15, 0.2) is 5.16 Å². The maximum absolute atomic E-state index is 12.8. The lowest BCUT2D eigenvalue weighted by molar-refractivity contribution is 0.0398. The predicted molar refractivity (Wildman–Crippen MR) is 118 cm³/mol. The Morgan fingerprint density at radius 3 is 2.70 bits per heavy atom. The molecule has 0 aliphatic rings. The number of aromatic nitrogens is 4. The number of aliphatic hydroxyl groups excluding tert-OH is 1. The second-order valence-electron chi connectivity index (χ2n) is 6.81. The first-order valence-electron chi connectivity index (χ1n) is 9.59. The normalized spacial score (nSPS) is 12.4. The second-order valence-corrected chi connectivity index (χ2v) is 7.79. The van der Waals surface area contributed by atoms with Gasteiger partial charge in [-0.2, -0.15) is 0 Å². The quantitative estimate of drug-likeness (QED) is 0.330. The lowest BCUT2D eigenvalue weighted by atomic mass is 10.2. The fraction of sp³-hybridized carbons (Fsp3) is 0.227. The summed E-state index contributed by atoms with van der Waals surface area (Å²) in [6.07, 6.45) is 1.00. The molecule has 30 heavy (non-hydrogen) atoms. The molecule has 0 saturated carbocycles. The van der Waals surface area contributed by atoms with Crippen LogP contribution in [0.25, 0.3) is 16.7 Å². The van der Waals surface area contributed by atoms with Crippen molar-refractivity contribution in [1.29, 1.82) is 0 Å². The minimum Gasteiger partial charge on any atom is -0.390 e. The molecule has 2 heterocycles. The molecular weight excluding hydrogens is 400 g/mol. The van der Waals surface area contributed by atoms with E-state index in [0.29, 0.717) is 35.2 Å². The maximum Gasteiger partial charge on any atom is 0.263 e. The zero-order valence-corrected chi connectivity index (χ0v) is 17.2. The van der Waals surface area contributed by atoms with Crippen LogP contribution in [0.15, 0.2) is 77.2 Å². The van der Waals surface area contributed by atoms with Crippen LogP contribution in [-0.4, -0.2) is 42.7 Å². The van der Waals surface area contributed by atoms with E-state index in [1.54, 1.807) is 16.7 Å². The molecule has 1 atom stereocenters. The van der Waals surface area contributed by atoms with Crippen LogP contribution in [0.3, 0.4) is 0 Å². The van der Waals surface area contributed by atoms with Gasteiger partial charge >= 0.3 is 0 Å². The van der Waals surface area contributed by atoms with Gasteiger partial charge in [0.05, 0.1) is 30.2 Å². The van der Waals surface area contributed by atoms with E-state index in [4.69, 9.17) is 4.74 Å². The molecule has 4 rings (SSSR count). The average Bonchev–Trinajstić information content (AvgIpc) is 3.20. The van der Waals surface area contributed by atoms with Crippen molar-refractivity contribution in [3.8, 4) is 0 Å². The highest BCUT2D eigenvalue weighted by molar-refractivity contribution is 7.99. The highest BCUT2D eigenvalue weighted by Crippen LogP contribution is 2.22. The lowest BCUT2D eigenvalue weighted by Gasteiger charge is -2.12. The van der Waals surface area contributed by atoms with E-state index in [1.807, 2.05) is 52.9 Å². The molecule has 0 fully saturated rings. The Kier molecular flexibility index (Phi) is 6.27. The van der Waals surface area contributed by atoms with Crippen LogP contribution in [0.5, 0.6) is 0 Å². The van der Waals surface area contributed by atoms with E-state index < -0.39 is 6.10 Å². The van der Waals surface area contributed by atoms with Gasteiger partial charge in [-0.15, -0.1) is 16.8 Å². The first-order chi connectivity index (χ1) is 14.7. The summed E-state index contributed by atoms with van der Waals surface area (Å²) in [6.45, 7) is 4.75. The Morgan fingerprint density at radius 1 is 1.13 bits per heavy atom. The van der Waals surface area contributed by atoms with Crippen molar-refractivity contribution in [3.05, 3.63) is 83.2 Å². The van der Waals surface area contributed by atoms with E-state index in [2.05, 4.69) is 16.8 Å². The summed E-state index contributed by atoms with van der Waals surface area (Å²) >= 11 is 1.38. The van der Waals surface area contributed by atoms with Crippen molar-refractivity contribution in [2.75, 3.05) is 12.4 Å². The summed E-state index contributed by atoms with van der Waals surface area (Å²) in [5, 5.41) is 20.0. The van der Waals surface area contributed by atoms with Crippen LogP contribution in [0.1, 0.15) is 5.56 Å². The van der Waals surface area contributed by atoms with Crippen LogP contribution in [-0.2, 0) is 17.9 Å². The number of hydrogen-bond donors (Lipinski definition) is 1. The van der Waals surface area contributed by atoms with Gasteiger partial charge in [-0.3, -0.25) is 13.8 Å². The SMILES string of the molecule is C=CCn1c(=O)c2ccccc2n2c(SCC(O)COCc3ccccc3)nnc12. The summed E-state index contributed by atoms with van der Waals surface area (Å²) in [6, 6.07) is 17.2. The maximum atomic E-state index is 12.8. The lowest BCUT2D eigenvalue weighted by Crippen LogP contribution is -2.23. The molecule has 7 nitrogen and oxygen atoms in total. The predicted octanol–water partition coefficient (Wildman–Crippen LogP) is 2.90. The third-order valence-corrected chi connectivity index (χ3v) is 5.69. The highest BCUT2D eigenvalue weighted by Gasteiger charge is 2.17. The fourth-order valence-corrected chi connectivity index (χ4v) is 4.07. The first-order valence-corrected chi connectivity index (χ1v) is 10.6. The number of para-hydroxylation sites is 1. The Bertz CT molecular complexity index is 1220. The Balaban J connectivity index is 1.52. The van der Waals surface area contributed by atoms with Gasteiger partial charge in [0.1, 0.15) is 0 Å². The molecule has 154 valence electrons. The summed E-state index contributed by atoms with van der Waals surface area (Å²) in [5.41, 5.74) is 1.67. The smallest absolute Gasteiger partial charge is 0.263 e. The van der Waals surface area contributed by atoms with Crippen molar-refractivity contribution >= 4 is 28.4 Å². The number of rotatable bonds is 9. The van der Waals surface area contributed by atoms with Gasteiger partial charge < -0.3 is 9.84 Å². The zero-order valence-electron chi connectivity index (χ0n) is 16.3. The number of ether oxygens (including phenoxy) is 1. The molecule has 0 bridgehead atoms. The summed E-state index contributed by atoms with van der Waals surface area (Å²) in [7, 11) is 0. The molecule has 0 radical (unpaired) electrons. The number of benzene rings is 2. The summed E-state index contributed by atoms with van der Waals surface area (Å²) < 4.78 is 9.01. The van der Waals surface area contributed by atoms with Crippen molar-refractivity contribution in [3.63, 3.8) is 0 Å². The topological polar surface area (TPSA) is 81.7 Å². The van der Waals surface area contributed by atoms with Crippen LogP contribution >= 0.6 is 11.8 Å². The fourth-order valence-electron chi connectivity index (χ4n) is 3.23. The molecule has 4 aromatic rings. The molecule has 0 amide bonds. The number of aliphatic hydroxyl groups is 1. The highest BCUT2D eigenvalue weighted by atomic mass is 32.2. The second kappa shape index (κ2) is 9.25. The molecule has 1 N–H and O–H groups in total. The van der Waals surface area contributed by atoms with Crippen molar-refractivity contribution < 1.29 is 9.84 Å². The van der Waals surface area contributed by atoms with Gasteiger partial charge in [0.2, 0.25) is 5.78 Å². The number of nitrogens with zero attached hydrogens (tertiary/aromatic N) is 4. The Labute approximate surface area is 177 Å². The van der Waals surface area contributed by atoms with E-state index >= 15 is 0 Å². The number of thioether (sulfide) groups is 1. The molecule has 8 heteroatoms. The Morgan fingerprint density at radius 2 is 1.90 bits per heavy atom. The van der Waals surface area contributed by atoms with Crippen molar-refractivity contribution in [2.45, 2.75) is 24.4 Å². The van der Waals surface area contributed by atoms with Crippen molar-refractivity contribution in [1.82, 2.24) is 19.2 Å². The number of allylic oxidation sites excluding steroid dienone is 1. The molecule has 0 aliphatic heterocycles. The molecule has 1 unspecified atom stereocenters. The summed E-state index contributed by atoms with van der Waals surface area (Å²) in [5.74, 6) is 0.848. The van der Waals surface area contributed by atoms with Crippen molar-refractivity contribution in [2.24, 2.45) is 0 Å². The number of hydrogen-bond acceptors (Lipinski definition) is 6. The third kappa shape index (κ3) is 4.16. The minimum absolute atomic E-state index is 0.128. The van der Waals surface area contributed by atoms with Crippen LogP contribution in [0, 0.1) is 0 Å². The Hall–Kier alpha value is -2.94. The van der Waals surface area contributed by atoms with Crippen LogP contribution < -0.4 is 5.56 Å². The van der Waals surface area contributed by atoms with Gasteiger partial charge in [-0.1, -0.05) is 60.3 Å². The van der Waals surface area contributed by atoms with Gasteiger partial charge in [0, 0.05) is 12.3 Å². The third-order valence-electron chi connectivity index (χ3n) is 4.62. The summed E-state index contributed by atoms with van der Waals surface area (Å²) in [4.78, 5) is 12.8. The first kappa shape index (κ1) is 20.3. The molecular formula is C22H22N4O3S. The molecule has 2 aromatic heterocycles. The monoisotopic (exact) mass is 422 g/mol. The molecule has 2 aromatic carbocycles. The van der Waals surface area contributed by atoms with Crippen LogP contribution in [0.2, 0.25) is 0 Å². The van der Waals surface area contributed by atoms with E-state index in [-0.39, 0.29) is 12.2 Å². The molecule has 0 saturated heterocycles. The van der Waals surface area contributed by atoms with E-state index in [0.717, 1.165) is 11.1 Å². The largest absolute Gasteiger partial charge is 0.390 e. The molecule has 0 spiro atoms. The van der Waals surface area contributed by atoms with E-state index in [9.17, 15) is 9.90 Å². The standard InChI is InChI=1S/C22H22N4O3S/c1-2-12-25-20(28)18-10-6-7-11-19(18)26-21(25)23-24-22(26)30-15-17(27)14-29-13-16-8-4-3-5-9-16/h2-11,17,27H,1,12-15H2. The number of fused-ring (bicyclic) bond motifs is 3. The molecule has 0 aliphatic carbocycles. The van der Waals surface area contributed by atoms with Gasteiger partial charge in [-0.25, -0.2) is 0 Å².